The highest BCUT2D eigenvalue weighted by Gasteiger charge is 2.16. The van der Waals surface area contributed by atoms with Gasteiger partial charge in [0.1, 0.15) is 5.75 Å². The molecule has 3 N–H and O–H groups in total. The number of hydrogen-bond acceptors (Lipinski definition) is 3. The van der Waals surface area contributed by atoms with E-state index in [1.54, 1.807) is 13.0 Å². The number of nitrogens with one attached hydrogen (secondary N) is 1. The van der Waals surface area contributed by atoms with E-state index in [-0.39, 0.29) is 5.91 Å². The van der Waals surface area contributed by atoms with Gasteiger partial charge in [0, 0.05) is 11.4 Å². The smallest absolute Gasteiger partial charge is 0.265 e. The first kappa shape index (κ1) is 14.9. The van der Waals surface area contributed by atoms with Gasteiger partial charge < -0.3 is 15.8 Å². The lowest BCUT2D eigenvalue weighted by atomic mass is 10.1. The second-order valence-electron chi connectivity index (χ2n) is 5.09. The summed E-state index contributed by atoms with van der Waals surface area (Å²) < 4.78 is 5.66. The highest BCUT2D eigenvalue weighted by atomic mass is 16.5. The van der Waals surface area contributed by atoms with Crippen LogP contribution in [-0.4, -0.2) is 12.0 Å². The molecule has 4 heteroatoms. The Morgan fingerprint density at radius 3 is 2.62 bits per heavy atom. The monoisotopic (exact) mass is 284 g/mol. The molecular weight excluding hydrogens is 264 g/mol. The molecule has 0 heterocycles. The molecule has 0 saturated heterocycles. The van der Waals surface area contributed by atoms with Crippen LogP contribution in [0.25, 0.3) is 0 Å². The van der Waals surface area contributed by atoms with Gasteiger partial charge in [0.2, 0.25) is 0 Å². The molecule has 0 aliphatic carbocycles. The first-order valence-corrected chi connectivity index (χ1v) is 6.86. The standard InChI is InChI=1S/C17H20N2O2/c1-11-6-4-7-14(10-11)21-13(3)17(20)19-16-9-5-8-15(18)12(16)2/h4-10,13H,18H2,1-3H3,(H,19,20). The minimum atomic E-state index is -0.590. The van der Waals surface area contributed by atoms with E-state index in [2.05, 4.69) is 5.32 Å². The quantitative estimate of drug-likeness (QED) is 0.847. The number of nitrogen functional groups attached to an aromatic ring is 1. The Morgan fingerprint density at radius 1 is 1.19 bits per heavy atom. The molecule has 1 atom stereocenters. The molecule has 2 aromatic carbocycles. The van der Waals surface area contributed by atoms with Crippen LogP contribution in [0.5, 0.6) is 5.75 Å². The molecule has 4 nitrogen and oxygen atoms in total. The SMILES string of the molecule is Cc1cccc(OC(C)C(=O)Nc2cccc(N)c2C)c1. The van der Waals surface area contributed by atoms with E-state index in [0.717, 1.165) is 11.1 Å². The number of hydrogen-bond donors (Lipinski definition) is 2. The molecule has 0 bridgehead atoms. The van der Waals surface area contributed by atoms with Crippen LogP contribution in [0, 0.1) is 13.8 Å². The summed E-state index contributed by atoms with van der Waals surface area (Å²) in [5.41, 5.74) is 9.14. The second kappa shape index (κ2) is 6.31. The largest absolute Gasteiger partial charge is 0.481 e. The Bertz CT molecular complexity index is 653. The first-order valence-electron chi connectivity index (χ1n) is 6.86. The van der Waals surface area contributed by atoms with Crippen LogP contribution in [0.4, 0.5) is 11.4 Å². The molecule has 0 radical (unpaired) electrons. The molecule has 0 aliphatic rings. The van der Waals surface area contributed by atoms with Crippen molar-refractivity contribution >= 4 is 17.3 Å². The van der Waals surface area contributed by atoms with Crippen molar-refractivity contribution in [3.8, 4) is 5.75 Å². The van der Waals surface area contributed by atoms with E-state index >= 15 is 0 Å². The number of anilines is 2. The van der Waals surface area contributed by atoms with Gasteiger partial charge in [-0.3, -0.25) is 4.79 Å². The number of nitrogens with two attached hydrogens (primary N) is 1. The average molecular weight is 284 g/mol. The molecule has 0 spiro atoms. The summed E-state index contributed by atoms with van der Waals surface area (Å²) >= 11 is 0. The third kappa shape index (κ3) is 3.75. The van der Waals surface area contributed by atoms with Crippen molar-refractivity contribution in [2.75, 3.05) is 11.1 Å². The zero-order valence-corrected chi connectivity index (χ0v) is 12.5. The molecule has 1 amide bonds. The van der Waals surface area contributed by atoms with Crippen molar-refractivity contribution < 1.29 is 9.53 Å². The Morgan fingerprint density at radius 2 is 1.90 bits per heavy atom. The fourth-order valence-corrected chi connectivity index (χ4v) is 1.97. The van der Waals surface area contributed by atoms with E-state index in [1.165, 1.54) is 0 Å². The van der Waals surface area contributed by atoms with Crippen molar-refractivity contribution in [2.45, 2.75) is 26.9 Å². The summed E-state index contributed by atoms with van der Waals surface area (Å²) in [7, 11) is 0. The van der Waals surface area contributed by atoms with Crippen LogP contribution in [0.15, 0.2) is 42.5 Å². The molecule has 21 heavy (non-hydrogen) atoms. The summed E-state index contributed by atoms with van der Waals surface area (Å²) in [4.78, 5) is 12.2. The van der Waals surface area contributed by atoms with E-state index in [1.807, 2.05) is 50.2 Å². The lowest BCUT2D eigenvalue weighted by Gasteiger charge is -2.16. The molecule has 110 valence electrons. The third-order valence-corrected chi connectivity index (χ3v) is 3.31. The Kier molecular flexibility index (Phi) is 4.48. The normalized spacial score (nSPS) is 11.8. The zero-order chi connectivity index (χ0) is 15.4. The van der Waals surface area contributed by atoms with Crippen LogP contribution in [0.3, 0.4) is 0 Å². The fourth-order valence-electron chi connectivity index (χ4n) is 1.97. The molecular formula is C17H20N2O2. The minimum Gasteiger partial charge on any atom is -0.481 e. The van der Waals surface area contributed by atoms with E-state index in [0.29, 0.717) is 17.1 Å². The summed E-state index contributed by atoms with van der Waals surface area (Å²) in [6.07, 6.45) is -0.590. The second-order valence-corrected chi connectivity index (χ2v) is 5.09. The van der Waals surface area contributed by atoms with Crippen LogP contribution < -0.4 is 15.8 Å². The maximum atomic E-state index is 12.2. The average Bonchev–Trinajstić information content (AvgIpc) is 2.44. The Balaban J connectivity index is 2.04. The van der Waals surface area contributed by atoms with Gasteiger partial charge in [0.15, 0.2) is 6.10 Å². The van der Waals surface area contributed by atoms with Gasteiger partial charge in [0.05, 0.1) is 0 Å². The van der Waals surface area contributed by atoms with Gasteiger partial charge in [-0.15, -0.1) is 0 Å². The van der Waals surface area contributed by atoms with Gasteiger partial charge in [-0.1, -0.05) is 18.2 Å². The van der Waals surface area contributed by atoms with Gasteiger partial charge >= 0.3 is 0 Å². The number of benzene rings is 2. The number of aryl methyl sites for hydroxylation is 1. The highest BCUT2D eigenvalue weighted by Crippen LogP contribution is 2.21. The van der Waals surface area contributed by atoms with Gasteiger partial charge in [-0.05, 0) is 56.2 Å². The van der Waals surface area contributed by atoms with E-state index in [4.69, 9.17) is 10.5 Å². The predicted octanol–water partition coefficient (Wildman–Crippen LogP) is 3.29. The molecule has 1 unspecified atom stereocenters. The molecule has 0 aliphatic heterocycles. The van der Waals surface area contributed by atoms with Crippen molar-refractivity contribution in [2.24, 2.45) is 0 Å². The maximum absolute atomic E-state index is 12.2. The molecule has 2 rings (SSSR count). The first-order chi connectivity index (χ1) is 9.97. The maximum Gasteiger partial charge on any atom is 0.265 e. The van der Waals surface area contributed by atoms with Crippen LogP contribution >= 0.6 is 0 Å². The van der Waals surface area contributed by atoms with Crippen molar-refractivity contribution in [1.82, 2.24) is 0 Å². The van der Waals surface area contributed by atoms with Crippen LogP contribution in [-0.2, 0) is 4.79 Å². The fraction of sp³-hybridized carbons (Fsp3) is 0.235. The summed E-state index contributed by atoms with van der Waals surface area (Å²) in [6, 6.07) is 13.0. The number of carbonyl (C=O) groups is 1. The Labute approximate surface area is 124 Å². The number of rotatable bonds is 4. The van der Waals surface area contributed by atoms with Crippen LogP contribution in [0.2, 0.25) is 0 Å². The number of carbonyl (C=O) groups excluding carboxylic acids is 1. The van der Waals surface area contributed by atoms with Crippen molar-refractivity contribution in [1.29, 1.82) is 0 Å². The van der Waals surface area contributed by atoms with Crippen LogP contribution in [0.1, 0.15) is 18.1 Å². The number of amides is 1. The van der Waals surface area contributed by atoms with E-state index < -0.39 is 6.10 Å². The lowest BCUT2D eigenvalue weighted by molar-refractivity contribution is -0.122. The summed E-state index contributed by atoms with van der Waals surface area (Å²) in [5.74, 6) is 0.479. The Hall–Kier alpha value is -2.49. The summed E-state index contributed by atoms with van der Waals surface area (Å²) in [5, 5.41) is 2.84. The van der Waals surface area contributed by atoms with Gasteiger partial charge in [0.25, 0.3) is 5.91 Å². The van der Waals surface area contributed by atoms with E-state index in [9.17, 15) is 4.79 Å². The van der Waals surface area contributed by atoms with Gasteiger partial charge in [-0.2, -0.15) is 0 Å². The van der Waals surface area contributed by atoms with Crippen molar-refractivity contribution in [3.05, 3.63) is 53.6 Å². The highest BCUT2D eigenvalue weighted by molar-refractivity contribution is 5.95. The minimum absolute atomic E-state index is 0.204. The number of ether oxygens (including phenoxy) is 1. The third-order valence-electron chi connectivity index (χ3n) is 3.31. The molecule has 2 aromatic rings. The summed E-state index contributed by atoms with van der Waals surface area (Å²) in [6.45, 7) is 5.57. The molecule has 0 aromatic heterocycles. The molecule has 0 fully saturated rings. The molecule has 0 saturated carbocycles. The zero-order valence-electron chi connectivity index (χ0n) is 12.5. The predicted molar refractivity (Wildman–Crippen MR) is 85.5 cm³/mol. The topological polar surface area (TPSA) is 64.3 Å². The lowest BCUT2D eigenvalue weighted by Crippen LogP contribution is -2.30. The van der Waals surface area contributed by atoms with Crippen molar-refractivity contribution in [3.63, 3.8) is 0 Å². The van der Waals surface area contributed by atoms with Gasteiger partial charge in [-0.25, -0.2) is 0 Å².